The zero-order chi connectivity index (χ0) is 14.1. The average Bonchev–Trinajstić information content (AvgIpc) is 2.26. The van der Waals surface area contributed by atoms with Crippen LogP contribution >= 0.6 is 0 Å². The Morgan fingerprint density at radius 3 is 1.89 bits per heavy atom. The molecule has 0 aromatic heterocycles. The van der Waals surface area contributed by atoms with Gasteiger partial charge in [-0.15, -0.1) is 0 Å². The minimum atomic E-state index is -1.27. The standard InChI is InChI=1S/C10H18N2O6/c11-5-1-2-6(9(15)16)12-7(10(17)18)3-4-8(13)14/h6-7,12H,1-5,11H2,(H,13,14)(H,15,16)(H,17,18)/t6?,7-/m1/s1. The monoisotopic (exact) mass is 262 g/mol. The molecule has 8 nitrogen and oxygen atoms in total. The van der Waals surface area contributed by atoms with Crippen LogP contribution in [0.15, 0.2) is 0 Å². The van der Waals surface area contributed by atoms with Crippen molar-refractivity contribution >= 4 is 17.9 Å². The van der Waals surface area contributed by atoms with Gasteiger partial charge in [0.2, 0.25) is 0 Å². The van der Waals surface area contributed by atoms with Gasteiger partial charge in [-0.05, 0) is 25.8 Å². The van der Waals surface area contributed by atoms with Gasteiger partial charge in [-0.1, -0.05) is 0 Å². The van der Waals surface area contributed by atoms with Gasteiger partial charge in [0.15, 0.2) is 0 Å². The fourth-order valence-corrected chi connectivity index (χ4v) is 1.39. The van der Waals surface area contributed by atoms with E-state index in [0.717, 1.165) is 0 Å². The highest BCUT2D eigenvalue weighted by atomic mass is 16.4. The second kappa shape index (κ2) is 8.43. The minimum Gasteiger partial charge on any atom is -0.481 e. The lowest BCUT2D eigenvalue weighted by Gasteiger charge is -2.19. The second-order valence-corrected chi connectivity index (χ2v) is 3.81. The van der Waals surface area contributed by atoms with Crippen LogP contribution in [0, 0.1) is 0 Å². The molecule has 8 heteroatoms. The Hall–Kier alpha value is -1.67. The van der Waals surface area contributed by atoms with E-state index in [1.165, 1.54) is 0 Å². The molecule has 0 saturated heterocycles. The lowest BCUT2D eigenvalue weighted by molar-refractivity contribution is -0.143. The predicted octanol–water partition coefficient (Wildman–Crippen LogP) is -0.914. The number of aliphatic carboxylic acids is 3. The molecule has 0 aromatic rings. The summed E-state index contributed by atoms with van der Waals surface area (Å²) in [7, 11) is 0. The Balaban J connectivity index is 4.45. The summed E-state index contributed by atoms with van der Waals surface area (Å²) in [5.74, 6) is -3.57. The van der Waals surface area contributed by atoms with Crippen LogP contribution in [-0.4, -0.2) is 51.9 Å². The molecule has 0 bridgehead atoms. The second-order valence-electron chi connectivity index (χ2n) is 3.81. The molecule has 6 N–H and O–H groups in total. The van der Waals surface area contributed by atoms with Gasteiger partial charge in [-0.2, -0.15) is 0 Å². The predicted molar refractivity (Wildman–Crippen MR) is 61.1 cm³/mol. The van der Waals surface area contributed by atoms with E-state index in [9.17, 15) is 14.4 Å². The molecule has 104 valence electrons. The molecule has 0 amide bonds. The van der Waals surface area contributed by atoms with Crippen molar-refractivity contribution in [2.45, 2.75) is 37.8 Å². The van der Waals surface area contributed by atoms with Gasteiger partial charge in [0, 0.05) is 6.42 Å². The normalized spacial score (nSPS) is 13.8. The number of carboxylic acids is 3. The molecule has 1 unspecified atom stereocenters. The van der Waals surface area contributed by atoms with Crippen molar-refractivity contribution in [1.82, 2.24) is 5.32 Å². The summed E-state index contributed by atoms with van der Waals surface area (Å²) in [5.41, 5.74) is 5.25. The third kappa shape index (κ3) is 6.81. The molecule has 0 saturated carbocycles. The van der Waals surface area contributed by atoms with Crippen molar-refractivity contribution in [2.24, 2.45) is 5.73 Å². The first kappa shape index (κ1) is 16.3. The van der Waals surface area contributed by atoms with Gasteiger partial charge < -0.3 is 21.1 Å². The van der Waals surface area contributed by atoms with Crippen molar-refractivity contribution in [2.75, 3.05) is 6.54 Å². The van der Waals surface area contributed by atoms with Gasteiger partial charge in [0.1, 0.15) is 12.1 Å². The van der Waals surface area contributed by atoms with Crippen LogP contribution < -0.4 is 11.1 Å². The summed E-state index contributed by atoms with van der Waals surface area (Å²) >= 11 is 0. The largest absolute Gasteiger partial charge is 0.481 e. The van der Waals surface area contributed by atoms with Gasteiger partial charge >= 0.3 is 17.9 Å². The summed E-state index contributed by atoms with van der Waals surface area (Å²) in [5, 5.41) is 28.7. The van der Waals surface area contributed by atoms with Gasteiger partial charge in [-0.3, -0.25) is 19.7 Å². The van der Waals surface area contributed by atoms with Crippen molar-refractivity contribution < 1.29 is 29.7 Å². The van der Waals surface area contributed by atoms with E-state index in [1.807, 2.05) is 0 Å². The Labute approximate surface area is 104 Å². The van der Waals surface area contributed by atoms with Crippen LogP contribution in [-0.2, 0) is 14.4 Å². The van der Waals surface area contributed by atoms with Gasteiger partial charge in [0.05, 0.1) is 0 Å². The third-order valence-electron chi connectivity index (χ3n) is 2.34. The van der Waals surface area contributed by atoms with Crippen LogP contribution in [0.3, 0.4) is 0 Å². The Bertz CT molecular complexity index is 307. The summed E-state index contributed by atoms with van der Waals surface area (Å²) in [6.07, 6.45) is 0.127. The van der Waals surface area contributed by atoms with Crippen molar-refractivity contribution in [3.63, 3.8) is 0 Å². The zero-order valence-corrected chi connectivity index (χ0v) is 9.83. The van der Waals surface area contributed by atoms with E-state index >= 15 is 0 Å². The SMILES string of the molecule is NCCCC(N[C@H](CCC(=O)O)C(=O)O)C(=O)O. The molecule has 0 aliphatic carbocycles. The molecule has 0 spiro atoms. The topological polar surface area (TPSA) is 150 Å². The fraction of sp³-hybridized carbons (Fsp3) is 0.700. The summed E-state index contributed by atoms with van der Waals surface area (Å²) in [6, 6.07) is -2.23. The number of carboxylic acid groups (broad SMARTS) is 3. The van der Waals surface area contributed by atoms with E-state index in [-0.39, 0.29) is 19.3 Å². The molecular formula is C10H18N2O6. The fourth-order valence-electron chi connectivity index (χ4n) is 1.39. The molecule has 18 heavy (non-hydrogen) atoms. The molecule has 0 aliphatic rings. The van der Waals surface area contributed by atoms with E-state index in [2.05, 4.69) is 5.32 Å². The van der Waals surface area contributed by atoms with Crippen LogP contribution in [0.2, 0.25) is 0 Å². The van der Waals surface area contributed by atoms with E-state index < -0.39 is 30.0 Å². The number of hydrogen-bond donors (Lipinski definition) is 5. The van der Waals surface area contributed by atoms with Crippen LogP contribution in [0.4, 0.5) is 0 Å². The van der Waals surface area contributed by atoms with Crippen LogP contribution in [0.5, 0.6) is 0 Å². The minimum absolute atomic E-state index is 0.170. The highest BCUT2D eigenvalue weighted by molar-refractivity contribution is 5.78. The van der Waals surface area contributed by atoms with Crippen molar-refractivity contribution in [3.8, 4) is 0 Å². The molecule has 2 atom stereocenters. The first-order chi connectivity index (χ1) is 8.38. The third-order valence-corrected chi connectivity index (χ3v) is 2.34. The van der Waals surface area contributed by atoms with E-state index in [4.69, 9.17) is 21.1 Å². The first-order valence-corrected chi connectivity index (χ1v) is 5.52. The van der Waals surface area contributed by atoms with Crippen LogP contribution in [0.25, 0.3) is 0 Å². The van der Waals surface area contributed by atoms with Gasteiger partial charge in [0.25, 0.3) is 0 Å². The van der Waals surface area contributed by atoms with Crippen molar-refractivity contribution in [1.29, 1.82) is 0 Å². The smallest absolute Gasteiger partial charge is 0.320 e. The molecule has 0 aromatic carbocycles. The number of nitrogens with one attached hydrogen (secondary N) is 1. The maximum Gasteiger partial charge on any atom is 0.320 e. The van der Waals surface area contributed by atoms with E-state index in [0.29, 0.717) is 13.0 Å². The number of nitrogens with two attached hydrogens (primary N) is 1. The molecule has 0 heterocycles. The highest BCUT2D eigenvalue weighted by Gasteiger charge is 2.25. The van der Waals surface area contributed by atoms with Crippen LogP contribution in [0.1, 0.15) is 25.7 Å². The average molecular weight is 262 g/mol. The molecule has 0 fully saturated rings. The Kier molecular flexibility index (Phi) is 7.64. The van der Waals surface area contributed by atoms with E-state index in [1.54, 1.807) is 0 Å². The first-order valence-electron chi connectivity index (χ1n) is 5.52. The number of carbonyl (C=O) groups is 3. The Morgan fingerprint density at radius 1 is 1.00 bits per heavy atom. The molecule has 0 rings (SSSR count). The van der Waals surface area contributed by atoms with Gasteiger partial charge in [-0.25, -0.2) is 0 Å². The quantitative estimate of drug-likeness (QED) is 0.339. The lowest BCUT2D eigenvalue weighted by atomic mass is 10.1. The summed E-state index contributed by atoms with van der Waals surface area (Å²) < 4.78 is 0. The highest BCUT2D eigenvalue weighted by Crippen LogP contribution is 2.04. The Morgan fingerprint density at radius 2 is 1.50 bits per heavy atom. The molecule has 0 radical (unpaired) electrons. The lowest BCUT2D eigenvalue weighted by Crippen LogP contribution is -2.47. The number of hydrogen-bond acceptors (Lipinski definition) is 5. The summed E-state index contributed by atoms with van der Waals surface area (Å²) in [4.78, 5) is 32.1. The maximum absolute atomic E-state index is 10.9. The number of rotatable bonds is 10. The summed E-state index contributed by atoms with van der Waals surface area (Å²) in [6.45, 7) is 0.304. The van der Waals surface area contributed by atoms with Crippen molar-refractivity contribution in [3.05, 3.63) is 0 Å². The maximum atomic E-state index is 10.9. The zero-order valence-electron chi connectivity index (χ0n) is 9.83. The molecule has 0 aliphatic heterocycles. The molecular weight excluding hydrogens is 244 g/mol.